The first-order valence-electron chi connectivity index (χ1n) is 26.8. The predicted octanol–water partition coefficient (Wildman–Crippen LogP) is 4.85. The monoisotopic (exact) mass is 1160 g/mol. The van der Waals surface area contributed by atoms with Gasteiger partial charge in [0, 0.05) is 66.7 Å². The van der Waals surface area contributed by atoms with E-state index < -0.39 is 90.5 Å². The van der Waals surface area contributed by atoms with Crippen molar-refractivity contribution in [1.82, 2.24) is 36.0 Å². The van der Waals surface area contributed by atoms with E-state index in [1.807, 2.05) is 60.7 Å². The summed E-state index contributed by atoms with van der Waals surface area (Å²) in [7, 11) is -5.92. The van der Waals surface area contributed by atoms with Gasteiger partial charge in [0.1, 0.15) is 24.2 Å². The molecule has 20 nitrogen and oxygen atoms in total. The van der Waals surface area contributed by atoms with Crippen LogP contribution in [0.25, 0.3) is 10.1 Å². The van der Waals surface area contributed by atoms with Crippen LogP contribution in [-0.2, 0) is 50.3 Å². The molecule has 0 saturated carbocycles. The second-order valence-corrected chi connectivity index (χ2v) is 23.4. The largest absolute Gasteiger partial charge is 0.399 e. The minimum absolute atomic E-state index is 0.0159. The van der Waals surface area contributed by atoms with Crippen molar-refractivity contribution in [3.05, 3.63) is 141 Å². The van der Waals surface area contributed by atoms with E-state index in [1.54, 1.807) is 18.2 Å². The number of hydrogen-bond donors (Lipinski definition) is 7. The summed E-state index contributed by atoms with van der Waals surface area (Å²) in [4.78, 5) is 145. The van der Waals surface area contributed by atoms with E-state index in [9.17, 15) is 66.3 Å². The zero-order chi connectivity index (χ0) is 58.5. The molecule has 0 spiro atoms. The number of fused-ring (bicyclic) bond motifs is 3. The smallest absolute Gasteiger partial charge is 0.370 e. The van der Waals surface area contributed by atoms with E-state index in [2.05, 4.69) is 33.1 Å². The van der Waals surface area contributed by atoms with Gasteiger partial charge >= 0.3 is 13.3 Å². The van der Waals surface area contributed by atoms with Crippen LogP contribution in [0.1, 0.15) is 125 Å². The summed E-state index contributed by atoms with van der Waals surface area (Å²) in [6.45, 7) is -0.151. The van der Waals surface area contributed by atoms with Crippen LogP contribution in [0, 0.1) is 11.8 Å². The molecule has 4 aromatic carbocycles. The number of carbonyl (C=O) groups excluding carboxylic acids is 9. The molecule has 4 aliphatic rings. The van der Waals surface area contributed by atoms with Crippen molar-refractivity contribution in [2.24, 2.45) is 5.73 Å². The zero-order valence-corrected chi connectivity index (χ0v) is 45.9. The van der Waals surface area contributed by atoms with Gasteiger partial charge in [-0.25, -0.2) is 0 Å². The number of amides is 9. The summed E-state index contributed by atoms with van der Waals surface area (Å²) < 4.78 is 41.4. The molecule has 5 atom stereocenters. The molecule has 24 heteroatoms. The molecule has 3 fully saturated rings. The van der Waals surface area contributed by atoms with Gasteiger partial charge in [0.05, 0.1) is 17.0 Å². The molecular weight excluding hydrogens is 1100 g/mol. The Balaban J connectivity index is 0.893. The predicted molar refractivity (Wildman–Crippen MR) is 295 cm³/mol. The van der Waals surface area contributed by atoms with E-state index in [4.69, 9.17) is 5.73 Å². The Bertz CT molecular complexity index is 3420. The van der Waals surface area contributed by atoms with Crippen LogP contribution in [0.2, 0.25) is 0 Å². The maximum Gasteiger partial charge on any atom is 0.399 e. The lowest BCUT2D eigenvalue weighted by molar-refractivity contribution is -0.141. The van der Waals surface area contributed by atoms with Crippen molar-refractivity contribution in [3.8, 4) is 11.8 Å². The Hall–Kier alpha value is -8.16. The highest BCUT2D eigenvalue weighted by Gasteiger charge is 2.51. The molecule has 1 unspecified atom stereocenters. The van der Waals surface area contributed by atoms with Crippen molar-refractivity contribution < 1.29 is 66.3 Å². The highest BCUT2D eigenvalue weighted by atomic mass is 32.1. The standard InChI is InChI=1S/C58H59F2N8O12PS/c59-58(60,81(78,79)80)38-21-26-46-37(29-38)30-47(82-46)55(75)63-43-33-66(50(71)20-11-3-1-2-6-13-34-18-12-19-40-41(34)32-67(56(40)76)44-25-28-49(70)64-53(44)73)31-39-22-24-45(68(39)57(43)77)54(74)62-42(23-27-48(61)69)52(72)65-51(35-14-7-4-8-15-35)36-16-9-5-10-17-36/h4-5,7-10,12,14-19,21,26,29-30,39,42-45,51H,1-3,11,20,22-25,27-28,31-33H2,(H2,61,69)(H,62,74)(H,63,75)(H,65,72)(H,64,70,73)(H2,78,79,80)/t39-,42+,43+,44?,45+/m1/s1. The molecule has 4 aliphatic heterocycles. The zero-order valence-electron chi connectivity index (χ0n) is 44.2. The molecule has 428 valence electrons. The van der Waals surface area contributed by atoms with Gasteiger partial charge in [0.15, 0.2) is 0 Å². The van der Waals surface area contributed by atoms with Crippen molar-refractivity contribution in [1.29, 1.82) is 0 Å². The molecule has 8 N–H and O–H groups in total. The Morgan fingerprint density at radius 2 is 1.56 bits per heavy atom. The molecule has 1 aromatic heterocycles. The van der Waals surface area contributed by atoms with Gasteiger partial charge in [-0.05, 0) is 90.9 Å². The summed E-state index contributed by atoms with van der Waals surface area (Å²) in [6, 6.07) is 21.5. The third-order valence-electron chi connectivity index (χ3n) is 15.2. The Morgan fingerprint density at radius 3 is 2.24 bits per heavy atom. The maximum absolute atomic E-state index is 14.9. The normalized spacial score (nSPS) is 19.4. The van der Waals surface area contributed by atoms with Gasteiger partial charge in [-0.1, -0.05) is 91.1 Å². The van der Waals surface area contributed by atoms with Gasteiger partial charge in [-0.2, -0.15) is 8.78 Å². The molecule has 0 aliphatic carbocycles. The number of imide groups is 1. The topological polar surface area (TPSA) is 295 Å². The number of primary amides is 1. The van der Waals surface area contributed by atoms with Gasteiger partial charge in [0.25, 0.3) is 11.8 Å². The highest BCUT2D eigenvalue weighted by Crippen LogP contribution is 2.59. The van der Waals surface area contributed by atoms with E-state index >= 15 is 0 Å². The first-order chi connectivity index (χ1) is 39.2. The fraction of sp³-hybridized carbons (Fsp3) is 0.362. The van der Waals surface area contributed by atoms with E-state index in [-0.39, 0.29) is 92.6 Å². The molecule has 0 bridgehead atoms. The van der Waals surface area contributed by atoms with Crippen LogP contribution in [0.15, 0.2) is 103 Å². The molecule has 9 amide bonds. The average molecular weight is 1160 g/mol. The Kier molecular flexibility index (Phi) is 17.8. The van der Waals surface area contributed by atoms with Crippen molar-refractivity contribution in [3.63, 3.8) is 0 Å². The number of benzene rings is 4. The number of alkyl halides is 2. The van der Waals surface area contributed by atoms with Crippen molar-refractivity contribution in [2.45, 2.75) is 119 Å². The number of unbranched alkanes of at least 4 members (excludes halogenated alkanes) is 3. The lowest BCUT2D eigenvalue weighted by Gasteiger charge is -2.31. The average Bonchev–Trinajstić information content (AvgIpc) is 3.85. The summed E-state index contributed by atoms with van der Waals surface area (Å²) in [5.74, 6) is 1.14. The summed E-state index contributed by atoms with van der Waals surface area (Å²) in [6.07, 6.45) is 2.36. The molecule has 82 heavy (non-hydrogen) atoms. The lowest BCUT2D eigenvalue weighted by atomic mass is 9.98. The van der Waals surface area contributed by atoms with Crippen molar-refractivity contribution in [2.75, 3.05) is 13.1 Å². The van der Waals surface area contributed by atoms with Crippen LogP contribution in [-0.4, -0.2) is 121 Å². The third-order valence-corrected chi connectivity index (χ3v) is 17.3. The molecule has 5 heterocycles. The number of thiophene rings is 1. The number of hydrogen-bond acceptors (Lipinski definition) is 11. The molecule has 5 aromatic rings. The van der Waals surface area contributed by atoms with Crippen LogP contribution in [0.5, 0.6) is 0 Å². The Labute approximate surface area is 473 Å². The van der Waals surface area contributed by atoms with Gasteiger partial charge in [-0.15, -0.1) is 11.3 Å². The highest BCUT2D eigenvalue weighted by molar-refractivity contribution is 7.52. The van der Waals surface area contributed by atoms with Crippen molar-refractivity contribution >= 4 is 82.2 Å². The minimum atomic E-state index is -5.92. The lowest BCUT2D eigenvalue weighted by Crippen LogP contribution is -2.58. The second-order valence-electron chi connectivity index (χ2n) is 20.7. The quantitative estimate of drug-likeness (QED) is 0.0253. The van der Waals surface area contributed by atoms with Gasteiger partial charge in [0.2, 0.25) is 41.4 Å². The maximum atomic E-state index is 14.9. The molecule has 3 saturated heterocycles. The van der Waals surface area contributed by atoms with Gasteiger partial charge < -0.3 is 46.2 Å². The SMILES string of the molecule is NC(=O)CC[C@H](NC(=O)[C@@H]1CC[C@@H]2CN(C(=O)CCCCCC#Cc3cccc4c3CN(C3CCC(=O)NC3=O)C4=O)C[C@H](NC(=O)c3cc4cc(C(F)(F)P(=O)(O)O)ccc4s3)C(=O)N21)C(=O)NC(c1ccccc1)c1ccccc1. The minimum Gasteiger partial charge on any atom is -0.370 e. The fourth-order valence-electron chi connectivity index (χ4n) is 10.9. The van der Waals surface area contributed by atoms with Crippen LogP contribution in [0.4, 0.5) is 8.78 Å². The number of halogens is 2. The molecular formula is C58H59F2N8O12PS. The Morgan fingerprint density at radius 1 is 0.841 bits per heavy atom. The van der Waals surface area contributed by atoms with Gasteiger partial charge in [-0.3, -0.25) is 53.0 Å². The van der Waals surface area contributed by atoms with Crippen LogP contribution < -0.4 is 27.0 Å². The fourth-order valence-corrected chi connectivity index (χ4v) is 12.3. The number of nitrogens with two attached hydrogens (primary N) is 1. The first-order valence-corrected chi connectivity index (χ1v) is 29.2. The summed E-state index contributed by atoms with van der Waals surface area (Å²) in [5.41, 5.74) is 3.30. The van der Waals surface area contributed by atoms with E-state index in [1.165, 1.54) is 26.8 Å². The number of carbonyl (C=O) groups is 9. The van der Waals surface area contributed by atoms with E-state index in [0.717, 1.165) is 34.6 Å². The first kappa shape index (κ1) is 58.5. The number of nitrogens with zero attached hydrogens (tertiary/aromatic N) is 3. The van der Waals surface area contributed by atoms with Crippen LogP contribution in [0.3, 0.4) is 0 Å². The van der Waals surface area contributed by atoms with E-state index in [0.29, 0.717) is 47.1 Å². The third kappa shape index (κ3) is 13.0. The second kappa shape index (κ2) is 24.9. The summed E-state index contributed by atoms with van der Waals surface area (Å²) in [5, 5.41) is 10.8. The number of piperidine rings is 1. The summed E-state index contributed by atoms with van der Waals surface area (Å²) >= 11 is 0.866. The molecule has 0 radical (unpaired) electrons. The number of rotatable bonds is 19. The number of nitrogens with one attached hydrogen (secondary N) is 4. The molecule has 9 rings (SSSR count). The van der Waals surface area contributed by atoms with Crippen LogP contribution >= 0.6 is 18.9 Å².